The molecule has 0 saturated heterocycles. The summed E-state index contributed by atoms with van der Waals surface area (Å²) >= 11 is 6.02. The molecule has 1 heterocycles. The van der Waals surface area contributed by atoms with Crippen molar-refractivity contribution in [3.63, 3.8) is 0 Å². The van der Waals surface area contributed by atoms with Gasteiger partial charge in [0.25, 0.3) is 0 Å². The van der Waals surface area contributed by atoms with Crippen LogP contribution in [0.25, 0.3) is 6.08 Å². The molecule has 3 aromatic rings. The smallest absolute Gasteiger partial charge is 0.248 e. The average molecular weight is 386 g/mol. The third-order valence-electron chi connectivity index (χ3n) is 3.83. The van der Waals surface area contributed by atoms with Crippen molar-refractivity contribution < 1.29 is 13.9 Å². The summed E-state index contributed by atoms with van der Waals surface area (Å²) < 4.78 is 20.4. The molecule has 0 aliphatic heterocycles. The van der Waals surface area contributed by atoms with Crippen LogP contribution in [-0.4, -0.2) is 22.8 Å². The Hall–Kier alpha value is -3.12. The van der Waals surface area contributed by atoms with Gasteiger partial charge in [-0.05, 0) is 35.9 Å². The lowest BCUT2D eigenvalue weighted by atomic mass is 10.2. The lowest BCUT2D eigenvalue weighted by molar-refractivity contribution is -0.111. The third-order valence-corrected chi connectivity index (χ3v) is 4.18. The van der Waals surface area contributed by atoms with Gasteiger partial charge in [0, 0.05) is 22.9 Å². The molecule has 1 aromatic heterocycles. The van der Waals surface area contributed by atoms with E-state index in [2.05, 4.69) is 10.4 Å². The van der Waals surface area contributed by atoms with E-state index in [1.165, 1.54) is 23.0 Å². The van der Waals surface area contributed by atoms with Gasteiger partial charge in [-0.2, -0.15) is 5.10 Å². The molecule has 0 unspecified atom stereocenters. The second-order valence-electron chi connectivity index (χ2n) is 5.72. The molecule has 5 nitrogen and oxygen atoms in total. The van der Waals surface area contributed by atoms with Crippen LogP contribution in [0.4, 0.5) is 10.1 Å². The summed E-state index contributed by atoms with van der Waals surface area (Å²) in [6.07, 6.45) is 6.22. The first-order chi connectivity index (χ1) is 13.0. The summed E-state index contributed by atoms with van der Waals surface area (Å²) in [5, 5.41) is 7.16. The zero-order valence-electron chi connectivity index (χ0n) is 14.5. The van der Waals surface area contributed by atoms with Gasteiger partial charge in [-0.1, -0.05) is 29.8 Å². The number of nitrogens with one attached hydrogen (secondary N) is 1. The lowest BCUT2D eigenvalue weighted by Gasteiger charge is -2.05. The molecule has 1 N–H and O–H groups in total. The number of hydrogen-bond donors (Lipinski definition) is 1. The van der Waals surface area contributed by atoms with Crippen molar-refractivity contribution in [2.75, 3.05) is 12.4 Å². The van der Waals surface area contributed by atoms with Gasteiger partial charge < -0.3 is 10.1 Å². The number of ether oxygens (including phenoxy) is 1. The second-order valence-corrected chi connectivity index (χ2v) is 6.13. The van der Waals surface area contributed by atoms with Gasteiger partial charge in [-0.15, -0.1) is 0 Å². The van der Waals surface area contributed by atoms with Crippen LogP contribution in [0, 0.1) is 5.82 Å². The van der Waals surface area contributed by atoms with E-state index in [0.29, 0.717) is 16.3 Å². The fourth-order valence-electron chi connectivity index (χ4n) is 2.43. The van der Waals surface area contributed by atoms with Crippen molar-refractivity contribution in [1.29, 1.82) is 0 Å². The Morgan fingerprint density at radius 2 is 2.07 bits per heavy atom. The quantitative estimate of drug-likeness (QED) is 0.640. The minimum absolute atomic E-state index is 0.170. The largest absolute Gasteiger partial charge is 0.497 e. The minimum Gasteiger partial charge on any atom is -0.497 e. The van der Waals surface area contributed by atoms with Crippen LogP contribution in [0.15, 0.2) is 60.9 Å². The predicted molar refractivity (Wildman–Crippen MR) is 103 cm³/mol. The Morgan fingerprint density at radius 1 is 1.30 bits per heavy atom. The van der Waals surface area contributed by atoms with Crippen molar-refractivity contribution in [3.05, 3.63) is 82.9 Å². The summed E-state index contributed by atoms with van der Waals surface area (Å²) in [6, 6.07) is 11.8. The Morgan fingerprint density at radius 3 is 2.78 bits per heavy atom. The number of methoxy groups -OCH3 is 1. The Bertz CT molecular complexity index is 947. The van der Waals surface area contributed by atoms with E-state index in [1.54, 1.807) is 31.5 Å². The van der Waals surface area contributed by atoms with Gasteiger partial charge in [0.2, 0.25) is 5.91 Å². The number of aromatic nitrogens is 2. The normalized spacial score (nSPS) is 10.9. The van der Waals surface area contributed by atoms with Crippen LogP contribution in [-0.2, 0) is 11.3 Å². The average Bonchev–Trinajstić information content (AvgIpc) is 3.10. The number of rotatable bonds is 6. The minimum atomic E-state index is -0.397. The molecule has 1 amide bonds. The van der Waals surface area contributed by atoms with Crippen LogP contribution < -0.4 is 10.1 Å². The van der Waals surface area contributed by atoms with Crippen molar-refractivity contribution >= 4 is 29.3 Å². The fraction of sp³-hybridized carbons (Fsp3) is 0.100. The second kappa shape index (κ2) is 8.51. The van der Waals surface area contributed by atoms with Crippen LogP contribution in [0.2, 0.25) is 5.02 Å². The van der Waals surface area contributed by atoms with Crippen molar-refractivity contribution in [3.8, 4) is 5.75 Å². The summed E-state index contributed by atoms with van der Waals surface area (Å²) in [7, 11) is 1.60. The van der Waals surface area contributed by atoms with Crippen LogP contribution in [0.3, 0.4) is 0 Å². The standard InChI is InChI=1S/C20H17ClFN3O2/c1-27-16-8-5-14(6-9-16)7-10-20(26)24-15-11-23-25(12-15)13-17-18(21)3-2-4-19(17)22/h2-12H,13H2,1H3,(H,24,26)/b10-7+. The van der Waals surface area contributed by atoms with E-state index < -0.39 is 5.82 Å². The summed E-state index contributed by atoms with van der Waals surface area (Å²) in [4.78, 5) is 12.0. The lowest BCUT2D eigenvalue weighted by Crippen LogP contribution is -2.07. The van der Waals surface area contributed by atoms with Crippen molar-refractivity contribution in [2.45, 2.75) is 6.54 Å². The van der Waals surface area contributed by atoms with Crippen molar-refractivity contribution in [1.82, 2.24) is 9.78 Å². The zero-order chi connectivity index (χ0) is 19.2. The first-order valence-corrected chi connectivity index (χ1v) is 8.51. The number of carbonyl (C=O) groups is 1. The van der Waals surface area contributed by atoms with Gasteiger partial charge in [0.05, 0.1) is 25.5 Å². The van der Waals surface area contributed by atoms with Gasteiger partial charge in [0.1, 0.15) is 11.6 Å². The maximum absolute atomic E-state index is 13.9. The summed E-state index contributed by atoms with van der Waals surface area (Å²) in [5.74, 6) is 0.0549. The zero-order valence-corrected chi connectivity index (χ0v) is 15.3. The van der Waals surface area contributed by atoms with E-state index in [1.807, 2.05) is 24.3 Å². The highest BCUT2D eigenvalue weighted by molar-refractivity contribution is 6.31. The van der Waals surface area contributed by atoms with E-state index in [-0.39, 0.29) is 12.5 Å². The number of nitrogens with zero attached hydrogens (tertiary/aromatic N) is 2. The van der Waals surface area contributed by atoms with Crippen LogP contribution in [0.1, 0.15) is 11.1 Å². The molecule has 0 aliphatic rings. The highest BCUT2D eigenvalue weighted by atomic mass is 35.5. The third kappa shape index (κ3) is 4.95. The molecule has 27 heavy (non-hydrogen) atoms. The molecule has 0 bridgehead atoms. The topological polar surface area (TPSA) is 56.1 Å². The summed E-state index contributed by atoms with van der Waals surface area (Å²) in [6.45, 7) is 0.170. The van der Waals surface area contributed by atoms with Gasteiger partial charge in [0.15, 0.2) is 0 Å². The SMILES string of the molecule is COc1ccc(/C=C/C(=O)Nc2cnn(Cc3c(F)cccc3Cl)c2)cc1. The number of anilines is 1. The fourth-order valence-corrected chi connectivity index (χ4v) is 2.65. The van der Waals surface area contributed by atoms with E-state index in [9.17, 15) is 9.18 Å². The molecule has 0 fully saturated rings. The molecule has 2 aromatic carbocycles. The van der Waals surface area contributed by atoms with E-state index >= 15 is 0 Å². The number of carbonyl (C=O) groups excluding carboxylic acids is 1. The Labute approximate surface area is 161 Å². The Balaban J connectivity index is 1.61. The summed E-state index contributed by atoms with van der Waals surface area (Å²) in [5.41, 5.74) is 1.72. The number of benzene rings is 2. The first kappa shape index (κ1) is 18.7. The highest BCUT2D eigenvalue weighted by Gasteiger charge is 2.09. The van der Waals surface area contributed by atoms with E-state index in [0.717, 1.165) is 11.3 Å². The van der Waals surface area contributed by atoms with Crippen LogP contribution >= 0.6 is 11.6 Å². The van der Waals surface area contributed by atoms with E-state index in [4.69, 9.17) is 16.3 Å². The first-order valence-electron chi connectivity index (χ1n) is 8.13. The molecular formula is C20H17ClFN3O2. The monoisotopic (exact) mass is 385 g/mol. The molecule has 0 radical (unpaired) electrons. The molecule has 3 rings (SSSR count). The van der Waals surface area contributed by atoms with Gasteiger partial charge in [-0.25, -0.2) is 4.39 Å². The number of amides is 1. The molecule has 0 aliphatic carbocycles. The van der Waals surface area contributed by atoms with Crippen LogP contribution in [0.5, 0.6) is 5.75 Å². The predicted octanol–water partition coefficient (Wildman–Crippen LogP) is 4.38. The maximum atomic E-state index is 13.9. The highest BCUT2D eigenvalue weighted by Crippen LogP contribution is 2.20. The van der Waals surface area contributed by atoms with Gasteiger partial charge >= 0.3 is 0 Å². The molecule has 0 atom stereocenters. The molecule has 7 heteroatoms. The maximum Gasteiger partial charge on any atom is 0.248 e. The molecule has 0 saturated carbocycles. The Kier molecular flexibility index (Phi) is 5.88. The number of halogens is 2. The number of hydrogen-bond acceptors (Lipinski definition) is 3. The molecular weight excluding hydrogens is 369 g/mol. The molecule has 0 spiro atoms. The molecule has 138 valence electrons. The van der Waals surface area contributed by atoms with Crippen molar-refractivity contribution in [2.24, 2.45) is 0 Å². The van der Waals surface area contributed by atoms with Gasteiger partial charge in [-0.3, -0.25) is 9.48 Å².